The number of allylic oxidation sites excluding steroid dienone is 1. The second kappa shape index (κ2) is 15.4. The summed E-state index contributed by atoms with van der Waals surface area (Å²) in [6.07, 6.45) is 26.2. The minimum Gasteiger partial charge on any atom is -0.344 e. The monoisotopic (exact) mass is 365 g/mol. The van der Waals surface area contributed by atoms with Crippen molar-refractivity contribution in [3.05, 3.63) is 12.2 Å². The van der Waals surface area contributed by atoms with Gasteiger partial charge in [0.05, 0.1) is 13.6 Å². The van der Waals surface area contributed by atoms with Crippen LogP contribution in [0.15, 0.2) is 17.1 Å². The number of hydrogen-bond acceptors (Lipinski definition) is 2. The van der Waals surface area contributed by atoms with Gasteiger partial charge in [-0.2, -0.15) is 0 Å². The fourth-order valence-electron chi connectivity index (χ4n) is 3.66. The molecular formula is C23H45N2O+. The van der Waals surface area contributed by atoms with Crippen LogP contribution >= 0.6 is 0 Å². The zero-order chi connectivity index (χ0) is 18.9. The Kier molecular flexibility index (Phi) is 13.8. The second-order valence-electron chi connectivity index (χ2n) is 8.31. The molecule has 0 amide bonds. The van der Waals surface area contributed by atoms with Gasteiger partial charge < -0.3 is 5.11 Å². The lowest BCUT2D eigenvalue weighted by Gasteiger charge is -2.29. The summed E-state index contributed by atoms with van der Waals surface area (Å²) in [5, 5.41) is 10.3. The summed E-state index contributed by atoms with van der Waals surface area (Å²) in [6.45, 7) is 4.05. The molecule has 3 heteroatoms. The van der Waals surface area contributed by atoms with Crippen LogP contribution in [0, 0.1) is 0 Å². The first kappa shape index (κ1) is 23.4. The third-order valence-corrected chi connectivity index (χ3v) is 5.73. The number of unbranched alkanes of at least 4 members (excludes halogenated alkanes) is 13. The number of hydrogen-bond donors (Lipinski definition) is 1. The predicted molar refractivity (Wildman–Crippen MR) is 114 cm³/mol. The average Bonchev–Trinajstić information content (AvgIpc) is 3.09. The average molecular weight is 366 g/mol. The van der Waals surface area contributed by atoms with Gasteiger partial charge in [0, 0.05) is 6.42 Å². The number of aliphatic hydroxyl groups excluding tert-OH is 1. The van der Waals surface area contributed by atoms with E-state index in [1.54, 1.807) is 0 Å². The van der Waals surface area contributed by atoms with E-state index in [1.165, 1.54) is 83.5 Å². The molecule has 0 fully saturated rings. The van der Waals surface area contributed by atoms with Crippen molar-refractivity contribution < 1.29 is 9.59 Å². The molecule has 26 heavy (non-hydrogen) atoms. The standard InChI is InChI=1S/C23H45N2O/c1-3-4-5-6-7-8-9-10-11-12-13-14-15-16-17-18-19-23(26)25(2)21-20-24-22-25/h17-18,22-23,26H,3-16,19-21H2,1-2H3/q+1. The highest BCUT2D eigenvalue weighted by Gasteiger charge is 2.31. The highest BCUT2D eigenvalue weighted by Crippen LogP contribution is 2.15. The number of quaternary nitrogens is 1. The smallest absolute Gasteiger partial charge is 0.199 e. The van der Waals surface area contributed by atoms with Crippen LogP contribution in [0.1, 0.15) is 103 Å². The summed E-state index contributed by atoms with van der Waals surface area (Å²) in [4.78, 5) is 4.25. The third kappa shape index (κ3) is 11.1. The van der Waals surface area contributed by atoms with Crippen LogP contribution in [0.4, 0.5) is 0 Å². The van der Waals surface area contributed by atoms with Crippen LogP contribution in [0.5, 0.6) is 0 Å². The van der Waals surface area contributed by atoms with Crippen molar-refractivity contribution >= 4 is 6.34 Å². The minimum atomic E-state index is -0.343. The van der Waals surface area contributed by atoms with Crippen molar-refractivity contribution in [2.24, 2.45) is 4.99 Å². The molecule has 0 radical (unpaired) electrons. The molecule has 0 saturated heterocycles. The zero-order valence-electron chi connectivity index (χ0n) is 17.7. The Balaban J connectivity index is 1.81. The summed E-state index contributed by atoms with van der Waals surface area (Å²) >= 11 is 0. The van der Waals surface area contributed by atoms with E-state index in [0.29, 0.717) is 4.48 Å². The maximum atomic E-state index is 10.3. The van der Waals surface area contributed by atoms with Crippen LogP contribution in [0.3, 0.4) is 0 Å². The maximum Gasteiger partial charge on any atom is 0.199 e. The predicted octanol–water partition coefficient (Wildman–Crippen LogP) is 6.22. The van der Waals surface area contributed by atoms with E-state index in [1.807, 2.05) is 6.34 Å². The third-order valence-electron chi connectivity index (χ3n) is 5.73. The molecule has 152 valence electrons. The highest BCUT2D eigenvalue weighted by atomic mass is 16.3. The Hall–Kier alpha value is -0.670. The first-order chi connectivity index (χ1) is 12.7. The van der Waals surface area contributed by atoms with E-state index >= 15 is 0 Å². The number of aliphatic imine (C=N–C) groups is 1. The Morgan fingerprint density at radius 3 is 1.92 bits per heavy atom. The first-order valence-electron chi connectivity index (χ1n) is 11.4. The summed E-state index contributed by atoms with van der Waals surface area (Å²) in [5.41, 5.74) is 0. The van der Waals surface area contributed by atoms with Gasteiger partial charge in [0.15, 0.2) is 12.6 Å². The summed E-state index contributed by atoms with van der Waals surface area (Å²) < 4.78 is 0.572. The molecule has 0 spiro atoms. The minimum absolute atomic E-state index is 0.343. The van der Waals surface area contributed by atoms with Crippen molar-refractivity contribution in [3.8, 4) is 0 Å². The lowest BCUT2D eigenvalue weighted by molar-refractivity contribution is -0.860. The van der Waals surface area contributed by atoms with Crippen molar-refractivity contribution in [2.45, 2.75) is 109 Å². The molecule has 0 saturated carbocycles. The highest BCUT2D eigenvalue weighted by molar-refractivity contribution is 5.48. The number of aliphatic hydroxyl groups is 1. The largest absolute Gasteiger partial charge is 0.344 e. The van der Waals surface area contributed by atoms with E-state index in [9.17, 15) is 5.11 Å². The quantitative estimate of drug-likeness (QED) is 0.185. The molecule has 1 rings (SSSR count). The van der Waals surface area contributed by atoms with Crippen molar-refractivity contribution in [3.63, 3.8) is 0 Å². The number of rotatable bonds is 17. The SMILES string of the molecule is CCCCCCCCCCCCCCCC=CCC(O)[N+]1(C)C=NCC1. The van der Waals surface area contributed by atoms with Crippen molar-refractivity contribution in [1.29, 1.82) is 0 Å². The molecule has 2 atom stereocenters. The van der Waals surface area contributed by atoms with Crippen molar-refractivity contribution in [1.82, 2.24) is 0 Å². The molecule has 1 aliphatic rings. The van der Waals surface area contributed by atoms with Gasteiger partial charge in [-0.1, -0.05) is 96.1 Å². The molecule has 0 aliphatic carbocycles. The van der Waals surface area contributed by atoms with E-state index in [-0.39, 0.29) is 6.23 Å². The van der Waals surface area contributed by atoms with Gasteiger partial charge in [-0.3, -0.25) is 4.48 Å². The first-order valence-corrected chi connectivity index (χ1v) is 11.4. The maximum absolute atomic E-state index is 10.3. The molecule has 0 aromatic heterocycles. The van der Waals surface area contributed by atoms with E-state index in [2.05, 4.69) is 31.1 Å². The molecule has 1 N–H and O–H groups in total. The fraction of sp³-hybridized carbons (Fsp3) is 0.870. The molecule has 1 aliphatic heterocycles. The van der Waals surface area contributed by atoms with Gasteiger partial charge in [0.1, 0.15) is 6.54 Å². The van der Waals surface area contributed by atoms with E-state index < -0.39 is 0 Å². The Morgan fingerprint density at radius 2 is 1.42 bits per heavy atom. The lowest BCUT2D eigenvalue weighted by atomic mass is 10.0. The number of nitrogens with zero attached hydrogens (tertiary/aromatic N) is 2. The topological polar surface area (TPSA) is 32.6 Å². The second-order valence-corrected chi connectivity index (χ2v) is 8.31. The van der Waals surface area contributed by atoms with E-state index in [0.717, 1.165) is 25.9 Å². The lowest BCUT2D eigenvalue weighted by Crippen LogP contribution is -2.49. The summed E-state index contributed by atoms with van der Waals surface area (Å²) in [7, 11) is 2.06. The molecule has 0 aromatic carbocycles. The summed E-state index contributed by atoms with van der Waals surface area (Å²) in [6, 6.07) is 0. The molecule has 0 aromatic rings. The van der Waals surface area contributed by atoms with Gasteiger partial charge in [-0.05, 0) is 12.8 Å². The molecule has 2 unspecified atom stereocenters. The summed E-state index contributed by atoms with van der Waals surface area (Å²) in [5.74, 6) is 0. The van der Waals surface area contributed by atoms with Crippen LogP contribution < -0.4 is 0 Å². The van der Waals surface area contributed by atoms with Gasteiger partial charge >= 0.3 is 0 Å². The molecule has 3 nitrogen and oxygen atoms in total. The van der Waals surface area contributed by atoms with Gasteiger partial charge in [-0.15, -0.1) is 0 Å². The van der Waals surface area contributed by atoms with Crippen LogP contribution in [-0.4, -0.2) is 42.3 Å². The van der Waals surface area contributed by atoms with Gasteiger partial charge in [0.25, 0.3) is 0 Å². The Bertz CT molecular complexity index is 380. The van der Waals surface area contributed by atoms with Gasteiger partial charge in [0.2, 0.25) is 0 Å². The zero-order valence-corrected chi connectivity index (χ0v) is 17.7. The Labute approximate surface area is 163 Å². The van der Waals surface area contributed by atoms with Crippen LogP contribution in [0.2, 0.25) is 0 Å². The molecular weight excluding hydrogens is 320 g/mol. The number of likely N-dealkylation sites (N-methyl/N-ethyl adjacent to an activating group) is 1. The normalized spacial score (nSPS) is 21.0. The van der Waals surface area contributed by atoms with Crippen LogP contribution in [-0.2, 0) is 0 Å². The van der Waals surface area contributed by atoms with Gasteiger partial charge in [-0.25, -0.2) is 4.99 Å². The van der Waals surface area contributed by atoms with E-state index in [4.69, 9.17) is 0 Å². The fourth-order valence-corrected chi connectivity index (χ4v) is 3.66. The Morgan fingerprint density at radius 1 is 0.885 bits per heavy atom. The van der Waals surface area contributed by atoms with Crippen LogP contribution in [0.25, 0.3) is 0 Å². The molecule has 1 heterocycles. The van der Waals surface area contributed by atoms with Crippen molar-refractivity contribution in [2.75, 3.05) is 20.1 Å². The molecule has 0 bridgehead atoms.